The second kappa shape index (κ2) is 5.83. The minimum atomic E-state index is -1.35. The smallest absolute Gasteiger partial charge is 0.257 e. The third-order valence-electron chi connectivity index (χ3n) is 2.33. The quantitative estimate of drug-likeness (QED) is 0.744. The predicted molar refractivity (Wildman–Crippen MR) is 56.3 cm³/mol. The first-order valence-corrected chi connectivity index (χ1v) is 5.11. The maximum absolute atomic E-state index is 13.3. The van der Waals surface area contributed by atoms with Crippen molar-refractivity contribution in [3.8, 4) is 0 Å². The highest BCUT2D eigenvalue weighted by Gasteiger charge is 2.23. The highest BCUT2D eigenvalue weighted by atomic mass is 19.1. The van der Waals surface area contributed by atoms with E-state index in [1.54, 1.807) is 0 Å². The van der Waals surface area contributed by atoms with Crippen molar-refractivity contribution in [2.75, 3.05) is 6.61 Å². The minimum absolute atomic E-state index is 0.369. The molecule has 0 bridgehead atoms. The zero-order valence-corrected chi connectivity index (χ0v) is 9.45. The summed E-state index contributed by atoms with van der Waals surface area (Å²) < 4.78 is 39.1. The van der Waals surface area contributed by atoms with Gasteiger partial charge >= 0.3 is 0 Å². The topological polar surface area (TPSA) is 69.6 Å². The monoisotopic (exact) mass is 263 g/mol. The molecule has 4 nitrogen and oxygen atoms in total. The molecular formula is C11H12F3NO3. The number of aliphatic hydroxyl groups is 2. The molecule has 2 atom stereocenters. The fourth-order valence-corrected chi connectivity index (χ4v) is 1.32. The van der Waals surface area contributed by atoms with Crippen molar-refractivity contribution in [3.63, 3.8) is 0 Å². The summed E-state index contributed by atoms with van der Waals surface area (Å²) >= 11 is 0. The average Bonchev–Trinajstić information content (AvgIpc) is 2.23. The molecule has 0 aliphatic carbocycles. The largest absolute Gasteiger partial charge is 0.394 e. The van der Waals surface area contributed by atoms with E-state index >= 15 is 0 Å². The van der Waals surface area contributed by atoms with Gasteiger partial charge in [-0.3, -0.25) is 4.79 Å². The highest BCUT2D eigenvalue weighted by molar-refractivity contribution is 5.95. The Morgan fingerprint density at radius 3 is 2.22 bits per heavy atom. The van der Waals surface area contributed by atoms with Crippen LogP contribution in [0.15, 0.2) is 12.1 Å². The first-order chi connectivity index (χ1) is 8.36. The van der Waals surface area contributed by atoms with E-state index in [1.165, 1.54) is 6.92 Å². The van der Waals surface area contributed by atoms with E-state index in [1.807, 2.05) is 5.32 Å². The summed E-state index contributed by atoms with van der Waals surface area (Å²) in [4.78, 5) is 11.5. The molecule has 1 aromatic carbocycles. The van der Waals surface area contributed by atoms with E-state index in [-0.39, 0.29) is 0 Å². The summed E-state index contributed by atoms with van der Waals surface area (Å²) in [6.45, 7) is 0.687. The maximum Gasteiger partial charge on any atom is 0.257 e. The Labute approximate surface area is 101 Å². The van der Waals surface area contributed by atoms with E-state index in [4.69, 9.17) is 10.2 Å². The highest BCUT2D eigenvalue weighted by Crippen LogP contribution is 2.14. The Bertz CT molecular complexity index is 428. The molecule has 0 unspecified atom stereocenters. The van der Waals surface area contributed by atoms with Gasteiger partial charge in [0, 0.05) is 12.1 Å². The molecule has 1 aromatic rings. The number of amides is 1. The van der Waals surface area contributed by atoms with Crippen molar-refractivity contribution in [2.45, 2.75) is 19.1 Å². The van der Waals surface area contributed by atoms with Crippen LogP contribution in [0.25, 0.3) is 0 Å². The molecular weight excluding hydrogens is 251 g/mol. The number of nitrogens with one attached hydrogen (secondary N) is 1. The lowest BCUT2D eigenvalue weighted by molar-refractivity contribution is 0.0751. The normalized spacial score (nSPS) is 14.1. The Kier molecular flexibility index (Phi) is 4.69. The van der Waals surface area contributed by atoms with Crippen LogP contribution in [0.3, 0.4) is 0 Å². The van der Waals surface area contributed by atoms with E-state index in [9.17, 15) is 18.0 Å². The molecule has 3 N–H and O–H groups in total. The number of rotatable bonds is 4. The van der Waals surface area contributed by atoms with Crippen molar-refractivity contribution in [1.29, 1.82) is 0 Å². The summed E-state index contributed by atoms with van der Waals surface area (Å²) in [7, 11) is 0. The third-order valence-corrected chi connectivity index (χ3v) is 2.33. The van der Waals surface area contributed by atoms with Crippen molar-refractivity contribution in [3.05, 3.63) is 35.1 Å². The lowest BCUT2D eigenvalue weighted by atomic mass is 10.1. The zero-order chi connectivity index (χ0) is 13.9. The molecule has 18 heavy (non-hydrogen) atoms. The molecule has 1 rings (SSSR count). The van der Waals surface area contributed by atoms with Crippen LogP contribution >= 0.6 is 0 Å². The van der Waals surface area contributed by atoms with E-state index in [2.05, 4.69) is 0 Å². The van der Waals surface area contributed by atoms with Crippen molar-refractivity contribution in [1.82, 2.24) is 5.32 Å². The number of hydrogen-bond donors (Lipinski definition) is 3. The van der Waals surface area contributed by atoms with Gasteiger partial charge in [-0.05, 0) is 6.92 Å². The van der Waals surface area contributed by atoms with E-state index in [0.717, 1.165) is 0 Å². The van der Waals surface area contributed by atoms with Crippen LogP contribution < -0.4 is 5.32 Å². The molecule has 1 amide bonds. The average molecular weight is 263 g/mol. The molecule has 0 heterocycles. The van der Waals surface area contributed by atoms with E-state index < -0.39 is 47.7 Å². The van der Waals surface area contributed by atoms with Gasteiger partial charge in [0.05, 0.1) is 18.8 Å². The van der Waals surface area contributed by atoms with Crippen LogP contribution in [0, 0.1) is 17.5 Å². The van der Waals surface area contributed by atoms with Gasteiger partial charge in [0.15, 0.2) is 0 Å². The number of aliphatic hydroxyl groups excluding tert-OH is 2. The van der Waals surface area contributed by atoms with Gasteiger partial charge < -0.3 is 15.5 Å². The van der Waals surface area contributed by atoms with Crippen LogP contribution in [0.1, 0.15) is 17.3 Å². The molecule has 0 saturated heterocycles. The van der Waals surface area contributed by atoms with Crippen molar-refractivity contribution in [2.24, 2.45) is 0 Å². The number of benzene rings is 1. The first kappa shape index (κ1) is 14.5. The fraction of sp³-hybridized carbons (Fsp3) is 0.364. The van der Waals surface area contributed by atoms with Gasteiger partial charge in [0.1, 0.15) is 23.0 Å². The van der Waals surface area contributed by atoms with Gasteiger partial charge in [-0.2, -0.15) is 0 Å². The lowest BCUT2D eigenvalue weighted by Gasteiger charge is -2.19. The minimum Gasteiger partial charge on any atom is -0.394 e. The summed E-state index contributed by atoms with van der Waals surface area (Å²) in [5.41, 5.74) is -0.962. The van der Waals surface area contributed by atoms with Crippen molar-refractivity contribution < 1.29 is 28.2 Å². The van der Waals surface area contributed by atoms with Crippen LogP contribution in [-0.4, -0.2) is 34.9 Å². The van der Waals surface area contributed by atoms with Gasteiger partial charge in [0.25, 0.3) is 5.91 Å². The molecule has 100 valence electrons. The first-order valence-electron chi connectivity index (χ1n) is 5.11. The third kappa shape index (κ3) is 3.21. The van der Waals surface area contributed by atoms with Gasteiger partial charge in [-0.15, -0.1) is 0 Å². The molecule has 0 saturated carbocycles. The molecule has 0 spiro atoms. The van der Waals surface area contributed by atoms with E-state index in [0.29, 0.717) is 12.1 Å². The molecule has 0 radical (unpaired) electrons. The second-order valence-electron chi connectivity index (χ2n) is 3.75. The molecule has 0 aliphatic rings. The second-order valence-corrected chi connectivity index (χ2v) is 3.75. The Hall–Kier alpha value is -1.60. The van der Waals surface area contributed by atoms with Crippen LogP contribution in [0.5, 0.6) is 0 Å². The Morgan fingerprint density at radius 1 is 1.33 bits per heavy atom. The van der Waals surface area contributed by atoms with Gasteiger partial charge in [-0.25, -0.2) is 13.2 Å². The molecule has 7 heteroatoms. The predicted octanol–water partition coefficient (Wildman–Crippen LogP) is 0.575. The standard InChI is InChI=1S/C11H12F3NO3/c1-5(17)9(4-16)15-11(18)10-7(13)2-6(12)3-8(10)14/h2-3,5,9,16-17H,4H2,1H3,(H,15,18)/t5-,9+/m1/s1. The summed E-state index contributed by atoms with van der Waals surface area (Å²) in [5.74, 6) is -5.03. The summed E-state index contributed by atoms with van der Waals surface area (Å²) in [6, 6.07) is -0.329. The summed E-state index contributed by atoms with van der Waals surface area (Å²) in [5, 5.41) is 20.1. The molecule has 0 aliphatic heterocycles. The van der Waals surface area contributed by atoms with Gasteiger partial charge in [-0.1, -0.05) is 0 Å². The lowest BCUT2D eigenvalue weighted by Crippen LogP contribution is -2.45. The Balaban J connectivity index is 2.98. The number of halogens is 3. The number of carbonyl (C=O) groups excluding carboxylic acids is 1. The number of hydrogen-bond acceptors (Lipinski definition) is 3. The zero-order valence-electron chi connectivity index (χ0n) is 9.45. The summed E-state index contributed by atoms with van der Waals surface area (Å²) in [6.07, 6.45) is -1.11. The van der Waals surface area contributed by atoms with Crippen LogP contribution in [0.4, 0.5) is 13.2 Å². The van der Waals surface area contributed by atoms with Crippen LogP contribution in [0.2, 0.25) is 0 Å². The van der Waals surface area contributed by atoms with Crippen LogP contribution in [-0.2, 0) is 0 Å². The fourth-order valence-electron chi connectivity index (χ4n) is 1.32. The Morgan fingerprint density at radius 2 is 1.83 bits per heavy atom. The van der Waals surface area contributed by atoms with Crippen molar-refractivity contribution >= 4 is 5.91 Å². The number of carbonyl (C=O) groups is 1. The molecule has 0 fully saturated rings. The molecule has 0 aromatic heterocycles. The maximum atomic E-state index is 13.3. The van der Waals surface area contributed by atoms with Gasteiger partial charge in [0.2, 0.25) is 0 Å². The SMILES string of the molecule is C[C@@H](O)[C@H](CO)NC(=O)c1c(F)cc(F)cc1F.